The number of anilines is 2. The zero-order chi connectivity index (χ0) is 30.2. The number of thioether (sulfide) groups is 1. The molecule has 0 unspecified atom stereocenters. The van der Waals surface area contributed by atoms with E-state index in [0.29, 0.717) is 27.7 Å². The molecule has 0 aliphatic carbocycles. The van der Waals surface area contributed by atoms with Crippen LogP contribution in [0.2, 0.25) is 0 Å². The van der Waals surface area contributed by atoms with Crippen molar-refractivity contribution in [2.45, 2.75) is 11.8 Å². The molecule has 1 aromatic heterocycles. The second-order valence-electron chi connectivity index (χ2n) is 9.46. The van der Waals surface area contributed by atoms with Crippen molar-refractivity contribution in [3.05, 3.63) is 119 Å². The van der Waals surface area contributed by atoms with Gasteiger partial charge in [0.2, 0.25) is 5.91 Å². The summed E-state index contributed by atoms with van der Waals surface area (Å²) in [5.41, 5.74) is 3.66. The molecule has 3 N–H and O–H groups in total. The van der Waals surface area contributed by atoms with Crippen LogP contribution < -0.4 is 20.7 Å². The molecule has 0 bridgehead atoms. The molecule has 0 saturated carbocycles. The fraction of sp³-hybridized carbons (Fsp3) is 0.0909. The van der Waals surface area contributed by atoms with Gasteiger partial charge in [0.05, 0.1) is 23.1 Å². The van der Waals surface area contributed by atoms with Crippen molar-refractivity contribution >= 4 is 67.9 Å². The van der Waals surface area contributed by atoms with Gasteiger partial charge in [0.1, 0.15) is 11.4 Å². The number of carbonyl (C=O) groups is 3. The number of rotatable bonds is 10. The topological polar surface area (TPSA) is 109 Å². The second-order valence-corrected chi connectivity index (χ2v) is 11.5. The molecular formula is C33H28N4O4S2. The number of hydrogen-bond acceptors (Lipinski definition) is 7. The highest BCUT2D eigenvalue weighted by atomic mass is 32.2. The van der Waals surface area contributed by atoms with Crippen molar-refractivity contribution in [3.8, 4) is 5.75 Å². The molecule has 4 aromatic carbocycles. The molecule has 0 atom stereocenters. The van der Waals surface area contributed by atoms with E-state index in [9.17, 15) is 14.4 Å². The van der Waals surface area contributed by atoms with E-state index < -0.39 is 11.8 Å². The summed E-state index contributed by atoms with van der Waals surface area (Å²) in [6, 6.07) is 29.0. The van der Waals surface area contributed by atoms with Gasteiger partial charge in [0, 0.05) is 16.1 Å². The lowest BCUT2D eigenvalue weighted by atomic mass is 10.1. The van der Waals surface area contributed by atoms with Crippen LogP contribution in [0.5, 0.6) is 5.75 Å². The maximum absolute atomic E-state index is 13.4. The van der Waals surface area contributed by atoms with Crippen LogP contribution >= 0.6 is 23.1 Å². The van der Waals surface area contributed by atoms with Gasteiger partial charge in [-0.15, -0.1) is 11.8 Å². The fourth-order valence-electron chi connectivity index (χ4n) is 4.09. The van der Waals surface area contributed by atoms with Crippen molar-refractivity contribution in [2.24, 2.45) is 0 Å². The fourth-order valence-corrected chi connectivity index (χ4v) is 5.83. The first kappa shape index (κ1) is 29.6. The highest BCUT2D eigenvalue weighted by Gasteiger charge is 2.16. The number of carbonyl (C=O) groups excluding carboxylic acids is 3. The van der Waals surface area contributed by atoms with Crippen molar-refractivity contribution in [3.63, 3.8) is 0 Å². The molecular weight excluding hydrogens is 581 g/mol. The summed E-state index contributed by atoms with van der Waals surface area (Å²) in [7, 11) is 1.56. The standard InChI is InChI=1S/C33H28N4O4S2/c1-21-14-15-27-29(16-21)43-33(36-27)37-30(38)20-42-26-13-7-11-24(19-26)34-32(40)28(18-22-8-6-12-25(17-22)41-2)35-31(39)23-9-4-3-5-10-23/h3-19H,20H2,1-2H3,(H,34,40)(H,35,39)(H,36,37,38)/b28-18-. The number of aromatic nitrogens is 1. The Hall–Kier alpha value is -4.93. The third-order valence-corrected chi connectivity index (χ3v) is 8.11. The number of aryl methyl sites for hydroxylation is 1. The molecule has 8 nitrogen and oxygen atoms in total. The maximum Gasteiger partial charge on any atom is 0.272 e. The number of ether oxygens (including phenoxy) is 1. The predicted octanol–water partition coefficient (Wildman–Crippen LogP) is 6.75. The minimum Gasteiger partial charge on any atom is -0.497 e. The van der Waals surface area contributed by atoms with E-state index in [0.717, 1.165) is 20.7 Å². The molecule has 216 valence electrons. The number of amides is 3. The monoisotopic (exact) mass is 608 g/mol. The SMILES string of the molecule is COc1cccc(/C=C(\NC(=O)c2ccccc2)C(=O)Nc2cccc(SCC(=O)Nc3nc4ccc(C)cc4s3)c2)c1. The van der Waals surface area contributed by atoms with Gasteiger partial charge in [0.15, 0.2) is 5.13 Å². The number of hydrogen-bond donors (Lipinski definition) is 3. The molecule has 5 rings (SSSR count). The maximum atomic E-state index is 13.4. The number of nitrogens with one attached hydrogen (secondary N) is 3. The summed E-state index contributed by atoms with van der Waals surface area (Å²) < 4.78 is 6.32. The van der Waals surface area contributed by atoms with Gasteiger partial charge in [-0.3, -0.25) is 14.4 Å². The summed E-state index contributed by atoms with van der Waals surface area (Å²) in [5, 5.41) is 9.02. The van der Waals surface area contributed by atoms with Crippen molar-refractivity contribution < 1.29 is 19.1 Å². The van der Waals surface area contributed by atoms with Crippen LogP contribution in [0.4, 0.5) is 10.8 Å². The lowest BCUT2D eigenvalue weighted by Gasteiger charge is -2.12. The molecule has 3 amide bonds. The highest BCUT2D eigenvalue weighted by molar-refractivity contribution is 8.00. The number of fused-ring (bicyclic) bond motifs is 1. The van der Waals surface area contributed by atoms with E-state index in [1.54, 1.807) is 73.8 Å². The summed E-state index contributed by atoms with van der Waals surface area (Å²) in [5.74, 6) is -0.306. The molecule has 10 heteroatoms. The first-order valence-corrected chi connectivity index (χ1v) is 15.1. The zero-order valence-corrected chi connectivity index (χ0v) is 25.1. The average molecular weight is 609 g/mol. The van der Waals surface area contributed by atoms with E-state index in [1.165, 1.54) is 23.1 Å². The molecule has 1 heterocycles. The summed E-state index contributed by atoms with van der Waals surface area (Å²) in [4.78, 5) is 44.2. The lowest BCUT2D eigenvalue weighted by molar-refractivity contribution is -0.114. The Labute approximate surface area is 257 Å². The number of thiazole rings is 1. The third kappa shape index (κ3) is 8.09. The molecule has 0 fully saturated rings. The van der Waals surface area contributed by atoms with Crippen molar-refractivity contribution in [1.82, 2.24) is 10.3 Å². The van der Waals surface area contributed by atoms with Crippen LogP contribution in [0.1, 0.15) is 21.5 Å². The first-order valence-electron chi connectivity index (χ1n) is 13.3. The normalized spacial score (nSPS) is 11.2. The molecule has 5 aromatic rings. The van der Waals surface area contributed by atoms with E-state index in [1.807, 2.05) is 43.3 Å². The molecule has 0 radical (unpaired) electrons. The van der Waals surface area contributed by atoms with Crippen LogP contribution in [-0.2, 0) is 9.59 Å². The summed E-state index contributed by atoms with van der Waals surface area (Å²) >= 11 is 2.77. The molecule has 0 aliphatic rings. The third-order valence-electron chi connectivity index (χ3n) is 6.19. The Balaban J connectivity index is 1.26. The Morgan fingerprint density at radius 3 is 2.53 bits per heavy atom. The van der Waals surface area contributed by atoms with Gasteiger partial charge < -0.3 is 20.7 Å². The predicted molar refractivity (Wildman–Crippen MR) is 174 cm³/mol. The van der Waals surface area contributed by atoms with Gasteiger partial charge in [-0.05, 0) is 78.7 Å². The van der Waals surface area contributed by atoms with Crippen LogP contribution in [0.25, 0.3) is 16.3 Å². The van der Waals surface area contributed by atoms with Crippen LogP contribution in [-0.4, -0.2) is 35.6 Å². The summed E-state index contributed by atoms with van der Waals surface area (Å²) in [6.07, 6.45) is 1.59. The van der Waals surface area contributed by atoms with Crippen LogP contribution in [0.15, 0.2) is 108 Å². The summed E-state index contributed by atoms with van der Waals surface area (Å²) in [6.45, 7) is 2.02. The highest BCUT2D eigenvalue weighted by Crippen LogP contribution is 2.28. The minimum atomic E-state index is -0.502. The van der Waals surface area contributed by atoms with E-state index in [4.69, 9.17) is 4.74 Å². The van der Waals surface area contributed by atoms with E-state index in [-0.39, 0.29) is 17.4 Å². The minimum absolute atomic E-state index is 0.0607. The molecule has 0 spiro atoms. The van der Waals surface area contributed by atoms with Gasteiger partial charge in [0.25, 0.3) is 11.8 Å². The molecule has 0 saturated heterocycles. The number of methoxy groups -OCH3 is 1. The zero-order valence-electron chi connectivity index (χ0n) is 23.4. The van der Waals surface area contributed by atoms with Crippen molar-refractivity contribution in [2.75, 3.05) is 23.5 Å². The second kappa shape index (κ2) is 13.8. The van der Waals surface area contributed by atoms with Crippen LogP contribution in [0, 0.1) is 6.92 Å². The Morgan fingerprint density at radius 1 is 0.907 bits per heavy atom. The lowest BCUT2D eigenvalue weighted by Crippen LogP contribution is -2.30. The van der Waals surface area contributed by atoms with Gasteiger partial charge in [-0.1, -0.05) is 53.8 Å². The van der Waals surface area contributed by atoms with Gasteiger partial charge >= 0.3 is 0 Å². The molecule has 43 heavy (non-hydrogen) atoms. The van der Waals surface area contributed by atoms with E-state index in [2.05, 4.69) is 20.9 Å². The Kier molecular flexibility index (Phi) is 9.50. The Bertz CT molecular complexity index is 1820. The van der Waals surface area contributed by atoms with E-state index >= 15 is 0 Å². The van der Waals surface area contributed by atoms with Crippen LogP contribution in [0.3, 0.4) is 0 Å². The first-order chi connectivity index (χ1) is 20.9. The largest absolute Gasteiger partial charge is 0.497 e. The molecule has 0 aliphatic heterocycles. The average Bonchev–Trinajstić information content (AvgIpc) is 3.41. The quantitative estimate of drug-likeness (QED) is 0.120. The van der Waals surface area contributed by atoms with Gasteiger partial charge in [-0.2, -0.15) is 0 Å². The van der Waals surface area contributed by atoms with Gasteiger partial charge in [-0.25, -0.2) is 4.98 Å². The Morgan fingerprint density at radius 2 is 1.72 bits per heavy atom. The number of benzene rings is 4. The van der Waals surface area contributed by atoms with Crippen molar-refractivity contribution in [1.29, 1.82) is 0 Å². The smallest absolute Gasteiger partial charge is 0.272 e. The number of nitrogens with zero attached hydrogens (tertiary/aromatic N) is 1.